The summed E-state index contributed by atoms with van der Waals surface area (Å²) in [6.45, 7) is -1.34. The second-order valence-electron chi connectivity index (χ2n) is 4.67. The molecule has 1 atom stereocenters. The lowest BCUT2D eigenvalue weighted by Crippen LogP contribution is -2.43. The first-order valence-electron chi connectivity index (χ1n) is 6.19. The topological polar surface area (TPSA) is 49.4 Å². The zero-order valence-corrected chi connectivity index (χ0v) is 11.5. The van der Waals surface area contributed by atoms with Crippen molar-refractivity contribution in [3.63, 3.8) is 0 Å². The normalized spacial score (nSPS) is 19.0. The van der Waals surface area contributed by atoms with Crippen LogP contribution in [-0.4, -0.2) is 42.0 Å². The van der Waals surface area contributed by atoms with Gasteiger partial charge in [-0.05, 0) is 18.6 Å². The monoisotopic (exact) mass is 320 g/mol. The van der Waals surface area contributed by atoms with Crippen LogP contribution in [0.25, 0.3) is 0 Å². The summed E-state index contributed by atoms with van der Waals surface area (Å²) in [5, 5.41) is 2.63. The first kappa shape index (κ1) is 15.6. The summed E-state index contributed by atoms with van der Waals surface area (Å²) in [6.07, 6.45) is -4.30. The van der Waals surface area contributed by atoms with Gasteiger partial charge in [0.25, 0.3) is 5.91 Å². The van der Waals surface area contributed by atoms with Crippen LogP contribution >= 0.6 is 11.6 Å². The van der Waals surface area contributed by atoms with Gasteiger partial charge in [-0.15, -0.1) is 0 Å². The maximum absolute atomic E-state index is 12.3. The van der Waals surface area contributed by atoms with Crippen molar-refractivity contribution in [2.75, 3.05) is 13.1 Å². The molecule has 21 heavy (non-hydrogen) atoms. The standard InChI is InChI=1S/C13H12ClF3N2O2/c14-9-4-2-1-3-8(9)11(20)18-10-5-6-19(12(10)21)7-13(15,16)17/h1-4,10H,5-7H2,(H,18,20)/t10-/m0/s1. The van der Waals surface area contributed by atoms with Crippen molar-refractivity contribution in [1.82, 2.24) is 10.2 Å². The van der Waals surface area contributed by atoms with Crippen molar-refractivity contribution >= 4 is 23.4 Å². The summed E-state index contributed by atoms with van der Waals surface area (Å²) in [5.41, 5.74) is 0.182. The Hall–Kier alpha value is -1.76. The third kappa shape index (κ3) is 3.87. The molecule has 0 aromatic heterocycles. The Labute approximate surface area is 123 Å². The van der Waals surface area contributed by atoms with Gasteiger partial charge in [0.15, 0.2) is 0 Å². The van der Waals surface area contributed by atoms with E-state index in [0.29, 0.717) is 4.90 Å². The molecule has 1 aliphatic heterocycles. The van der Waals surface area contributed by atoms with Crippen molar-refractivity contribution in [1.29, 1.82) is 0 Å². The minimum Gasteiger partial charge on any atom is -0.340 e. The highest BCUT2D eigenvalue weighted by molar-refractivity contribution is 6.33. The molecule has 4 nitrogen and oxygen atoms in total. The molecule has 0 radical (unpaired) electrons. The second-order valence-corrected chi connectivity index (χ2v) is 5.08. The Kier molecular flexibility index (Phi) is 4.41. The van der Waals surface area contributed by atoms with E-state index in [-0.39, 0.29) is 23.6 Å². The molecule has 0 unspecified atom stereocenters. The van der Waals surface area contributed by atoms with Crippen LogP contribution in [0.2, 0.25) is 5.02 Å². The predicted molar refractivity (Wildman–Crippen MR) is 70.0 cm³/mol. The first-order valence-corrected chi connectivity index (χ1v) is 6.56. The minimum atomic E-state index is -4.45. The third-order valence-electron chi connectivity index (χ3n) is 3.09. The number of nitrogens with zero attached hydrogens (tertiary/aromatic N) is 1. The van der Waals surface area contributed by atoms with Gasteiger partial charge in [-0.2, -0.15) is 13.2 Å². The van der Waals surface area contributed by atoms with E-state index in [1.807, 2.05) is 0 Å². The average molecular weight is 321 g/mol. The Morgan fingerprint density at radius 3 is 2.67 bits per heavy atom. The second kappa shape index (κ2) is 5.93. The summed E-state index contributed by atoms with van der Waals surface area (Å²) in [7, 11) is 0. The number of hydrogen-bond donors (Lipinski definition) is 1. The molecule has 1 aromatic carbocycles. The lowest BCUT2D eigenvalue weighted by molar-refractivity contribution is -0.157. The van der Waals surface area contributed by atoms with Crippen molar-refractivity contribution in [3.05, 3.63) is 34.9 Å². The summed E-state index contributed by atoms with van der Waals surface area (Å²) in [5.74, 6) is -1.31. The smallest absolute Gasteiger partial charge is 0.340 e. The maximum atomic E-state index is 12.3. The maximum Gasteiger partial charge on any atom is 0.406 e. The highest BCUT2D eigenvalue weighted by Gasteiger charge is 2.39. The van der Waals surface area contributed by atoms with Crippen LogP contribution in [0.5, 0.6) is 0 Å². The van der Waals surface area contributed by atoms with E-state index in [1.165, 1.54) is 12.1 Å². The molecule has 114 valence electrons. The minimum absolute atomic E-state index is 0.0359. The molecule has 1 N–H and O–H groups in total. The zero-order chi connectivity index (χ0) is 15.6. The van der Waals surface area contributed by atoms with Crippen LogP contribution in [0.15, 0.2) is 24.3 Å². The van der Waals surface area contributed by atoms with Gasteiger partial charge in [0.1, 0.15) is 12.6 Å². The van der Waals surface area contributed by atoms with Gasteiger partial charge in [0.2, 0.25) is 5.91 Å². The van der Waals surface area contributed by atoms with Gasteiger partial charge in [-0.3, -0.25) is 9.59 Å². The summed E-state index contributed by atoms with van der Waals surface area (Å²) < 4.78 is 36.9. The molecule has 1 saturated heterocycles. The van der Waals surface area contributed by atoms with Gasteiger partial charge in [-0.1, -0.05) is 23.7 Å². The number of likely N-dealkylation sites (tertiary alicyclic amines) is 1. The molecule has 0 spiro atoms. The predicted octanol–water partition coefficient (Wildman–Crippen LogP) is 2.23. The summed E-state index contributed by atoms with van der Waals surface area (Å²) in [6, 6.07) is 5.29. The molecule has 0 saturated carbocycles. The van der Waals surface area contributed by atoms with Gasteiger partial charge >= 0.3 is 6.18 Å². The summed E-state index contributed by atoms with van der Waals surface area (Å²) >= 11 is 5.85. The fourth-order valence-electron chi connectivity index (χ4n) is 2.13. The SMILES string of the molecule is O=C(N[C@H]1CCN(CC(F)(F)F)C1=O)c1ccccc1Cl. The van der Waals surface area contributed by atoms with Crippen LogP contribution < -0.4 is 5.32 Å². The lowest BCUT2D eigenvalue weighted by Gasteiger charge is -2.18. The number of halogens is 4. The molecule has 1 aromatic rings. The fraction of sp³-hybridized carbons (Fsp3) is 0.385. The Morgan fingerprint density at radius 1 is 1.38 bits per heavy atom. The third-order valence-corrected chi connectivity index (χ3v) is 3.42. The van der Waals surface area contributed by atoms with Crippen molar-refractivity contribution in [2.45, 2.75) is 18.6 Å². The molecule has 1 heterocycles. The molecular weight excluding hydrogens is 309 g/mol. The number of rotatable bonds is 3. The average Bonchev–Trinajstić information content (AvgIpc) is 2.70. The molecule has 0 aliphatic carbocycles. The molecule has 1 aliphatic rings. The van der Waals surface area contributed by atoms with E-state index in [4.69, 9.17) is 11.6 Å². The van der Waals surface area contributed by atoms with Gasteiger partial charge in [-0.25, -0.2) is 0 Å². The Morgan fingerprint density at radius 2 is 2.05 bits per heavy atom. The van der Waals surface area contributed by atoms with Crippen molar-refractivity contribution in [2.24, 2.45) is 0 Å². The summed E-state index contributed by atoms with van der Waals surface area (Å²) in [4.78, 5) is 24.5. The van der Waals surface area contributed by atoms with E-state index in [2.05, 4.69) is 5.32 Å². The van der Waals surface area contributed by atoms with Crippen LogP contribution in [0, 0.1) is 0 Å². The van der Waals surface area contributed by atoms with Crippen molar-refractivity contribution < 1.29 is 22.8 Å². The molecule has 1 fully saturated rings. The molecule has 0 bridgehead atoms. The Bertz CT molecular complexity index is 563. The number of benzene rings is 1. The van der Waals surface area contributed by atoms with Crippen LogP contribution in [0.3, 0.4) is 0 Å². The van der Waals surface area contributed by atoms with E-state index in [0.717, 1.165) is 0 Å². The van der Waals surface area contributed by atoms with Crippen molar-refractivity contribution in [3.8, 4) is 0 Å². The number of nitrogens with one attached hydrogen (secondary N) is 1. The van der Waals surface area contributed by atoms with Gasteiger partial charge < -0.3 is 10.2 Å². The van der Waals surface area contributed by atoms with E-state index in [9.17, 15) is 22.8 Å². The zero-order valence-electron chi connectivity index (χ0n) is 10.8. The first-order chi connectivity index (χ1) is 9.78. The fourth-order valence-corrected chi connectivity index (χ4v) is 2.35. The molecular formula is C13H12ClF3N2O2. The van der Waals surface area contributed by atoms with E-state index < -0.39 is 30.6 Å². The van der Waals surface area contributed by atoms with Gasteiger partial charge in [0.05, 0.1) is 10.6 Å². The largest absolute Gasteiger partial charge is 0.406 e. The van der Waals surface area contributed by atoms with Crippen LogP contribution in [-0.2, 0) is 4.79 Å². The van der Waals surface area contributed by atoms with E-state index >= 15 is 0 Å². The number of amides is 2. The number of hydrogen-bond acceptors (Lipinski definition) is 2. The van der Waals surface area contributed by atoms with E-state index in [1.54, 1.807) is 12.1 Å². The number of alkyl halides is 3. The highest BCUT2D eigenvalue weighted by atomic mass is 35.5. The molecule has 2 amide bonds. The number of carbonyl (C=O) groups is 2. The number of carbonyl (C=O) groups excluding carboxylic acids is 2. The Balaban J connectivity index is 2.00. The van der Waals surface area contributed by atoms with Gasteiger partial charge in [0, 0.05) is 6.54 Å². The highest BCUT2D eigenvalue weighted by Crippen LogP contribution is 2.21. The quantitative estimate of drug-likeness (QED) is 0.928. The van der Waals surface area contributed by atoms with Crippen LogP contribution in [0.1, 0.15) is 16.8 Å². The van der Waals surface area contributed by atoms with Crippen LogP contribution in [0.4, 0.5) is 13.2 Å². The molecule has 2 rings (SSSR count). The molecule has 8 heteroatoms. The lowest BCUT2D eigenvalue weighted by atomic mass is 10.2.